The molecule has 0 saturated carbocycles. The fourth-order valence-corrected chi connectivity index (χ4v) is 1.68. The van der Waals surface area contributed by atoms with Gasteiger partial charge in [0.1, 0.15) is 11.6 Å². The molecule has 2 rings (SSSR count). The van der Waals surface area contributed by atoms with Crippen LogP contribution in [0.5, 0.6) is 11.6 Å². The van der Waals surface area contributed by atoms with E-state index in [1.807, 2.05) is 0 Å². The Morgan fingerprint density at radius 2 is 2.12 bits per heavy atom. The van der Waals surface area contributed by atoms with Crippen LogP contribution in [0, 0.1) is 5.82 Å². The van der Waals surface area contributed by atoms with Gasteiger partial charge in [-0.15, -0.1) is 0 Å². The highest BCUT2D eigenvalue weighted by atomic mass is 79.9. The van der Waals surface area contributed by atoms with Crippen molar-refractivity contribution in [2.24, 2.45) is 0 Å². The molecule has 0 bridgehead atoms. The third-order valence-electron chi connectivity index (χ3n) is 1.95. The van der Waals surface area contributed by atoms with Crippen molar-refractivity contribution in [3.05, 3.63) is 45.8 Å². The van der Waals surface area contributed by atoms with Crippen LogP contribution >= 0.6 is 27.5 Å². The number of hydrogen-bond donors (Lipinski definition) is 1. The van der Waals surface area contributed by atoms with Crippen molar-refractivity contribution in [1.82, 2.24) is 4.98 Å². The second kappa shape index (κ2) is 4.89. The van der Waals surface area contributed by atoms with Crippen LogP contribution in [0.3, 0.4) is 0 Å². The molecule has 0 aliphatic carbocycles. The van der Waals surface area contributed by atoms with Crippen molar-refractivity contribution in [2.45, 2.75) is 0 Å². The van der Waals surface area contributed by atoms with Gasteiger partial charge in [0.2, 0.25) is 5.88 Å². The van der Waals surface area contributed by atoms with Gasteiger partial charge in [0.15, 0.2) is 0 Å². The number of hydrogen-bond acceptors (Lipinski definition) is 3. The van der Waals surface area contributed by atoms with Gasteiger partial charge in [0.25, 0.3) is 0 Å². The number of nitrogens with two attached hydrogens (primary N) is 1. The zero-order valence-corrected chi connectivity index (χ0v) is 10.8. The zero-order valence-electron chi connectivity index (χ0n) is 8.45. The first-order valence-corrected chi connectivity index (χ1v) is 5.77. The lowest BCUT2D eigenvalue weighted by atomic mass is 10.3. The standard InChI is InChI=1S/C11H7BrClFN2O/c12-8-2-1-7(14)4-10(8)17-11-9(15)3-6(13)5-16-11/h1-5H,15H2. The van der Waals surface area contributed by atoms with E-state index < -0.39 is 5.82 Å². The lowest BCUT2D eigenvalue weighted by molar-refractivity contribution is 0.458. The third-order valence-corrected chi connectivity index (χ3v) is 2.81. The summed E-state index contributed by atoms with van der Waals surface area (Å²) >= 11 is 8.95. The normalized spacial score (nSPS) is 10.3. The van der Waals surface area contributed by atoms with Crippen LogP contribution in [0.25, 0.3) is 0 Å². The predicted molar refractivity (Wildman–Crippen MR) is 67.8 cm³/mol. The summed E-state index contributed by atoms with van der Waals surface area (Å²) in [5.41, 5.74) is 5.96. The van der Waals surface area contributed by atoms with Gasteiger partial charge < -0.3 is 10.5 Å². The number of nitrogens with zero attached hydrogens (tertiary/aromatic N) is 1. The number of pyridine rings is 1. The molecule has 0 radical (unpaired) electrons. The maximum Gasteiger partial charge on any atom is 0.242 e. The SMILES string of the molecule is Nc1cc(Cl)cnc1Oc1cc(F)ccc1Br. The number of benzene rings is 1. The van der Waals surface area contributed by atoms with Crippen molar-refractivity contribution >= 4 is 33.2 Å². The summed E-state index contributed by atoms with van der Waals surface area (Å²) in [4.78, 5) is 3.92. The van der Waals surface area contributed by atoms with Crippen molar-refractivity contribution in [1.29, 1.82) is 0 Å². The number of aromatic nitrogens is 1. The van der Waals surface area contributed by atoms with Crippen LogP contribution in [-0.2, 0) is 0 Å². The van der Waals surface area contributed by atoms with E-state index in [2.05, 4.69) is 20.9 Å². The fourth-order valence-electron chi connectivity index (χ4n) is 1.19. The molecule has 0 amide bonds. The lowest BCUT2D eigenvalue weighted by Crippen LogP contribution is -1.95. The summed E-state index contributed by atoms with van der Waals surface area (Å²) in [5.74, 6) is 0.0722. The van der Waals surface area contributed by atoms with E-state index in [4.69, 9.17) is 22.1 Å². The molecule has 0 unspecified atom stereocenters. The third kappa shape index (κ3) is 2.87. The predicted octanol–water partition coefficient (Wildman–Crippen LogP) is 4.01. The average Bonchev–Trinajstić information content (AvgIpc) is 2.27. The van der Waals surface area contributed by atoms with Crippen LogP contribution in [-0.4, -0.2) is 4.98 Å². The number of ether oxygens (including phenoxy) is 1. The molecule has 0 saturated heterocycles. The quantitative estimate of drug-likeness (QED) is 0.910. The second-order valence-corrected chi connectivity index (χ2v) is 4.52. The summed E-state index contributed by atoms with van der Waals surface area (Å²) in [6.45, 7) is 0. The van der Waals surface area contributed by atoms with E-state index in [1.54, 1.807) is 0 Å². The van der Waals surface area contributed by atoms with Crippen LogP contribution in [0.2, 0.25) is 5.02 Å². The molecule has 17 heavy (non-hydrogen) atoms. The number of rotatable bonds is 2. The van der Waals surface area contributed by atoms with E-state index >= 15 is 0 Å². The molecule has 0 aliphatic heterocycles. The first-order valence-electron chi connectivity index (χ1n) is 4.60. The van der Waals surface area contributed by atoms with Gasteiger partial charge in [-0.05, 0) is 34.1 Å². The summed E-state index contributed by atoms with van der Waals surface area (Å²) in [6, 6.07) is 5.60. The maximum absolute atomic E-state index is 13.0. The van der Waals surface area contributed by atoms with Crippen LogP contribution in [0.15, 0.2) is 34.9 Å². The molecule has 1 aromatic heterocycles. The van der Waals surface area contributed by atoms with E-state index in [-0.39, 0.29) is 11.6 Å². The van der Waals surface area contributed by atoms with E-state index in [1.165, 1.54) is 30.5 Å². The van der Waals surface area contributed by atoms with E-state index in [0.717, 1.165) is 0 Å². The average molecular weight is 318 g/mol. The molecule has 3 nitrogen and oxygen atoms in total. The van der Waals surface area contributed by atoms with E-state index in [9.17, 15) is 4.39 Å². The summed E-state index contributed by atoms with van der Waals surface area (Å²) in [5, 5.41) is 0.410. The number of nitrogen functional groups attached to an aromatic ring is 1. The van der Waals surface area contributed by atoms with Gasteiger partial charge >= 0.3 is 0 Å². The Balaban J connectivity index is 2.34. The molecule has 1 heterocycles. The molecular formula is C11H7BrClFN2O. The van der Waals surface area contributed by atoms with Gasteiger partial charge in [-0.3, -0.25) is 0 Å². The summed E-state index contributed by atoms with van der Waals surface area (Å²) in [7, 11) is 0. The van der Waals surface area contributed by atoms with Gasteiger partial charge in [-0.2, -0.15) is 0 Å². The highest BCUT2D eigenvalue weighted by Gasteiger charge is 2.08. The lowest BCUT2D eigenvalue weighted by Gasteiger charge is -2.08. The summed E-state index contributed by atoms with van der Waals surface area (Å²) in [6.07, 6.45) is 1.40. The molecule has 6 heteroatoms. The van der Waals surface area contributed by atoms with Gasteiger partial charge in [0.05, 0.1) is 15.2 Å². The topological polar surface area (TPSA) is 48.1 Å². The van der Waals surface area contributed by atoms with Crippen molar-refractivity contribution < 1.29 is 9.13 Å². The first-order chi connectivity index (χ1) is 8.06. The van der Waals surface area contributed by atoms with Gasteiger partial charge in [-0.25, -0.2) is 9.37 Å². The highest BCUT2D eigenvalue weighted by molar-refractivity contribution is 9.10. The minimum atomic E-state index is -0.407. The zero-order chi connectivity index (χ0) is 12.4. The van der Waals surface area contributed by atoms with Crippen LogP contribution in [0.1, 0.15) is 0 Å². The molecule has 1 aromatic carbocycles. The molecule has 0 fully saturated rings. The van der Waals surface area contributed by atoms with Crippen molar-refractivity contribution in [3.8, 4) is 11.6 Å². The molecule has 88 valence electrons. The molecule has 2 N–H and O–H groups in total. The Morgan fingerprint density at radius 3 is 2.82 bits per heavy atom. The highest BCUT2D eigenvalue weighted by Crippen LogP contribution is 2.32. The number of anilines is 1. The Hall–Kier alpha value is -1.33. The number of halogens is 3. The molecule has 0 atom stereocenters. The minimum Gasteiger partial charge on any atom is -0.436 e. The maximum atomic E-state index is 13.0. The smallest absolute Gasteiger partial charge is 0.242 e. The van der Waals surface area contributed by atoms with Crippen molar-refractivity contribution in [3.63, 3.8) is 0 Å². The van der Waals surface area contributed by atoms with Gasteiger partial charge in [-0.1, -0.05) is 11.6 Å². The largest absolute Gasteiger partial charge is 0.436 e. The Kier molecular flexibility index (Phi) is 3.49. The molecule has 2 aromatic rings. The Bertz CT molecular complexity index is 565. The van der Waals surface area contributed by atoms with E-state index in [0.29, 0.717) is 15.2 Å². The Morgan fingerprint density at radius 1 is 1.35 bits per heavy atom. The molecule has 0 spiro atoms. The fraction of sp³-hybridized carbons (Fsp3) is 0. The monoisotopic (exact) mass is 316 g/mol. The van der Waals surface area contributed by atoms with Crippen molar-refractivity contribution in [2.75, 3.05) is 5.73 Å². The minimum absolute atomic E-state index is 0.181. The first kappa shape index (κ1) is 12.1. The second-order valence-electron chi connectivity index (χ2n) is 3.22. The van der Waals surface area contributed by atoms with Crippen LogP contribution < -0.4 is 10.5 Å². The molecule has 0 aliphatic rings. The molecular weight excluding hydrogens is 310 g/mol. The van der Waals surface area contributed by atoms with Gasteiger partial charge in [0, 0.05) is 12.3 Å². The summed E-state index contributed by atoms with van der Waals surface area (Å²) < 4.78 is 19.0. The van der Waals surface area contributed by atoms with Crippen LogP contribution in [0.4, 0.5) is 10.1 Å². The Labute approximate surface area is 110 Å².